The summed E-state index contributed by atoms with van der Waals surface area (Å²) in [7, 11) is 0. The second-order valence-electron chi connectivity index (χ2n) is 5.51. The third-order valence-corrected chi connectivity index (χ3v) is 4.68. The van der Waals surface area contributed by atoms with Crippen molar-refractivity contribution in [1.82, 2.24) is 10.2 Å². The molecule has 1 unspecified atom stereocenters. The molecule has 102 valence electrons. The molecule has 1 aliphatic heterocycles. The summed E-state index contributed by atoms with van der Waals surface area (Å²) < 4.78 is 0. The summed E-state index contributed by atoms with van der Waals surface area (Å²) in [6.45, 7) is 13.1. The van der Waals surface area contributed by atoms with Gasteiger partial charge in [0, 0.05) is 24.1 Å². The molecule has 0 aromatic rings. The van der Waals surface area contributed by atoms with E-state index in [1.807, 2.05) is 0 Å². The predicted octanol–water partition coefficient (Wildman–Crippen LogP) is 2.84. The first-order valence-electron chi connectivity index (χ1n) is 7.27. The number of nitrogens with one attached hydrogen (secondary N) is 1. The van der Waals surface area contributed by atoms with Crippen LogP contribution in [0, 0.1) is 5.92 Å². The number of nitrogens with zero attached hydrogens (tertiary/aromatic N) is 1. The van der Waals surface area contributed by atoms with Crippen molar-refractivity contribution in [1.29, 1.82) is 0 Å². The van der Waals surface area contributed by atoms with Crippen LogP contribution in [0.1, 0.15) is 40.0 Å². The van der Waals surface area contributed by atoms with Crippen LogP contribution >= 0.6 is 11.8 Å². The van der Waals surface area contributed by atoms with Gasteiger partial charge in [-0.2, -0.15) is 11.8 Å². The average Bonchev–Trinajstić information content (AvgIpc) is 2.33. The van der Waals surface area contributed by atoms with Crippen LogP contribution in [-0.2, 0) is 0 Å². The molecule has 0 radical (unpaired) electrons. The quantitative estimate of drug-likeness (QED) is 0.674. The first kappa shape index (κ1) is 15.3. The number of hydrogen-bond donors (Lipinski definition) is 1. The molecule has 1 fully saturated rings. The molecule has 0 bridgehead atoms. The van der Waals surface area contributed by atoms with Crippen molar-refractivity contribution in [2.45, 2.75) is 45.3 Å². The summed E-state index contributed by atoms with van der Waals surface area (Å²) in [5.41, 5.74) is 0. The molecular formula is C14H30N2S. The van der Waals surface area contributed by atoms with Crippen molar-refractivity contribution in [3.63, 3.8) is 0 Å². The van der Waals surface area contributed by atoms with Gasteiger partial charge in [0.25, 0.3) is 0 Å². The SMILES string of the molecule is CCC1CN(CCCCNCC(C)C)CCS1. The highest BCUT2D eigenvalue weighted by molar-refractivity contribution is 8.00. The highest BCUT2D eigenvalue weighted by Gasteiger charge is 2.17. The molecular weight excluding hydrogens is 228 g/mol. The van der Waals surface area contributed by atoms with Crippen LogP contribution in [0.25, 0.3) is 0 Å². The Morgan fingerprint density at radius 3 is 2.88 bits per heavy atom. The summed E-state index contributed by atoms with van der Waals surface area (Å²) in [4.78, 5) is 2.66. The highest BCUT2D eigenvalue weighted by Crippen LogP contribution is 2.21. The van der Waals surface area contributed by atoms with Gasteiger partial charge in [-0.05, 0) is 44.8 Å². The predicted molar refractivity (Wildman–Crippen MR) is 79.9 cm³/mol. The first-order valence-corrected chi connectivity index (χ1v) is 8.32. The van der Waals surface area contributed by atoms with Crippen molar-refractivity contribution in [3.05, 3.63) is 0 Å². The van der Waals surface area contributed by atoms with Gasteiger partial charge in [0.15, 0.2) is 0 Å². The van der Waals surface area contributed by atoms with Crippen LogP contribution in [0.4, 0.5) is 0 Å². The van der Waals surface area contributed by atoms with E-state index in [2.05, 4.69) is 42.7 Å². The Bertz CT molecular complexity index is 185. The third kappa shape index (κ3) is 7.32. The largest absolute Gasteiger partial charge is 0.316 e. The van der Waals surface area contributed by atoms with Gasteiger partial charge in [0.2, 0.25) is 0 Å². The maximum atomic E-state index is 3.52. The van der Waals surface area contributed by atoms with Crippen molar-refractivity contribution in [2.24, 2.45) is 5.92 Å². The van der Waals surface area contributed by atoms with E-state index in [0.717, 1.165) is 17.7 Å². The minimum atomic E-state index is 0.777. The smallest absolute Gasteiger partial charge is 0.0172 e. The number of hydrogen-bond acceptors (Lipinski definition) is 3. The van der Waals surface area contributed by atoms with Gasteiger partial charge in [-0.1, -0.05) is 20.8 Å². The van der Waals surface area contributed by atoms with Crippen LogP contribution < -0.4 is 5.32 Å². The van der Waals surface area contributed by atoms with Gasteiger partial charge in [0.05, 0.1) is 0 Å². The number of thioether (sulfide) groups is 1. The summed E-state index contributed by atoms with van der Waals surface area (Å²) >= 11 is 2.16. The fraction of sp³-hybridized carbons (Fsp3) is 1.00. The first-order chi connectivity index (χ1) is 8.22. The lowest BCUT2D eigenvalue weighted by molar-refractivity contribution is 0.274. The van der Waals surface area contributed by atoms with Gasteiger partial charge < -0.3 is 10.2 Å². The molecule has 0 amide bonds. The molecule has 17 heavy (non-hydrogen) atoms. The normalized spacial score (nSPS) is 22.2. The van der Waals surface area contributed by atoms with Crippen LogP contribution in [-0.4, -0.2) is 48.6 Å². The van der Waals surface area contributed by atoms with E-state index in [-0.39, 0.29) is 0 Å². The van der Waals surface area contributed by atoms with Crippen LogP contribution in [0.15, 0.2) is 0 Å². The van der Waals surface area contributed by atoms with Gasteiger partial charge in [0.1, 0.15) is 0 Å². The number of rotatable bonds is 8. The zero-order valence-electron chi connectivity index (χ0n) is 11.9. The molecule has 2 nitrogen and oxygen atoms in total. The minimum Gasteiger partial charge on any atom is -0.316 e. The van der Waals surface area contributed by atoms with E-state index in [1.54, 1.807) is 0 Å². The monoisotopic (exact) mass is 258 g/mol. The fourth-order valence-electron chi connectivity index (χ4n) is 2.21. The second-order valence-corrected chi connectivity index (χ2v) is 6.91. The topological polar surface area (TPSA) is 15.3 Å². The van der Waals surface area contributed by atoms with Gasteiger partial charge >= 0.3 is 0 Å². The van der Waals surface area contributed by atoms with Gasteiger partial charge in [-0.15, -0.1) is 0 Å². The molecule has 1 rings (SSSR count). The Balaban J connectivity index is 1.95. The van der Waals surface area contributed by atoms with Gasteiger partial charge in [-0.3, -0.25) is 0 Å². The van der Waals surface area contributed by atoms with E-state index in [0.29, 0.717) is 0 Å². The Hall–Kier alpha value is 0.270. The molecule has 0 saturated carbocycles. The third-order valence-electron chi connectivity index (χ3n) is 3.31. The Kier molecular flexibility index (Phi) is 8.33. The lowest BCUT2D eigenvalue weighted by atomic mass is 10.2. The molecule has 0 aliphatic carbocycles. The minimum absolute atomic E-state index is 0.777. The summed E-state index contributed by atoms with van der Waals surface area (Å²) in [5.74, 6) is 2.11. The lowest BCUT2D eigenvalue weighted by Gasteiger charge is -2.31. The van der Waals surface area contributed by atoms with E-state index in [4.69, 9.17) is 0 Å². The maximum Gasteiger partial charge on any atom is 0.0172 e. The molecule has 0 spiro atoms. The van der Waals surface area contributed by atoms with Crippen LogP contribution in [0.2, 0.25) is 0 Å². The van der Waals surface area contributed by atoms with Crippen LogP contribution in [0.3, 0.4) is 0 Å². The zero-order chi connectivity index (χ0) is 12.5. The summed E-state index contributed by atoms with van der Waals surface area (Å²) in [6.07, 6.45) is 4.01. The van der Waals surface area contributed by atoms with Crippen molar-refractivity contribution in [2.75, 3.05) is 38.5 Å². The number of unbranched alkanes of at least 4 members (excludes halogenated alkanes) is 1. The van der Waals surface area contributed by atoms with Crippen LogP contribution in [0.5, 0.6) is 0 Å². The Morgan fingerprint density at radius 2 is 2.18 bits per heavy atom. The molecule has 1 saturated heterocycles. The molecule has 3 heteroatoms. The van der Waals surface area contributed by atoms with E-state index in [1.165, 1.54) is 51.2 Å². The van der Waals surface area contributed by atoms with Crippen molar-refractivity contribution < 1.29 is 0 Å². The Morgan fingerprint density at radius 1 is 1.35 bits per heavy atom. The molecule has 0 aromatic heterocycles. The average molecular weight is 258 g/mol. The molecule has 1 aliphatic rings. The fourth-order valence-corrected chi connectivity index (χ4v) is 3.46. The van der Waals surface area contributed by atoms with E-state index in [9.17, 15) is 0 Å². The van der Waals surface area contributed by atoms with E-state index < -0.39 is 0 Å². The zero-order valence-corrected chi connectivity index (χ0v) is 12.7. The molecule has 1 heterocycles. The van der Waals surface area contributed by atoms with Crippen molar-refractivity contribution >= 4 is 11.8 Å². The second kappa shape index (κ2) is 9.23. The molecule has 1 atom stereocenters. The maximum absolute atomic E-state index is 3.52. The standard InChI is InChI=1S/C14H30N2S/c1-4-14-12-16(9-10-17-14)8-6-5-7-15-11-13(2)3/h13-15H,4-12H2,1-3H3. The molecule has 1 N–H and O–H groups in total. The summed E-state index contributed by atoms with van der Waals surface area (Å²) in [6, 6.07) is 0. The molecule has 0 aromatic carbocycles. The van der Waals surface area contributed by atoms with Crippen molar-refractivity contribution in [3.8, 4) is 0 Å². The van der Waals surface area contributed by atoms with Gasteiger partial charge in [-0.25, -0.2) is 0 Å². The Labute approximate surface area is 112 Å². The lowest BCUT2D eigenvalue weighted by Crippen LogP contribution is -2.38. The van der Waals surface area contributed by atoms with E-state index >= 15 is 0 Å². The highest BCUT2D eigenvalue weighted by atomic mass is 32.2. The summed E-state index contributed by atoms with van der Waals surface area (Å²) in [5, 5.41) is 4.41.